The van der Waals surface area contributed by atoms with Gasteiger partial charge in [0.05, 0.1) is 11.6 Å². The van der Waals surface area contributed by atoms with Gasteiger partial charge in [0.15, 0.2) is 0 Å². The molecular formula is C16H19N3O. The second-order valence-electron chi connectivity index (χ2n) is 5.07. The molecule has 0 spiro atoms. The normalized spacial score (nSPS) is 16.4. The van der Waals surface area contributed by atoms with Crippen molar-refractivity contribution < 1.29 is 4.79 Å². The lowest BCUT2D eigenvalue weighted by molar-refractivity contribution is -0.117. The van der Waals surface area contributed by atoms with Gasteiger partial charge in [-0.1, -0.05) is 18.7 Å². The fourth-order valence-corrected chi connectivity index (χ4v) is 2.44. The van der Waals surface area contributed by atoms with Crippen LogP contribution >= 0.6 is 0 Å². The standard InChI is InChI=1S/C16H19N3O/c1-2-16(20)18-15-7-9-19(10-8-15)12-14-5-3-13(11-17)4-6-14/h2-6,15H,1,7-10,12H2,(H,18,20). The number of carbonyl (C=O) groups excluding carboxylic acids is 1. The van der Waals surface area contributed by atoms with E-state index in [1.165, 1.54) is 11.6 Å². The molecule has 0 unspecified atom stereocenters. The van der Waals surface area contributed by atoms with Crippen molar-refractivity contribution in [2.45, 2.75) is 25.4 Å². The molecule has 1 aromatic rings. The van der Waals surface area contributed by atoms with E-state index in [-0.39, 0.29) is 11.9 Å². The van der Waals surface area contributed by atoms with Gasteiger partial charge in [-0.3, -0.25) is 9.69 Å². The molecule has 20 heavy (non-hydrogen) atoms. The Morgan fingerprint density at radius 1 is 1.40 bits per heavy atom. The van der Waals surface area contributed by atoms with E-state index in [4.69, 9.17) is 5.26 Å². The average Bonchev–Trinajstić information content (AvgIpc) is 2.50. The predicted octanol–water partition coefficient (Wildman–Crippen LogP) is 1.82. The molecule has 1 aromatic carbocycles. The quantitative estimate of drug-likeness (QED) is 0.848. The third-order valence-electron chi connectivity index (χ3n) is 3.61. The number of hydrogen-bond acceptors (Lipinski definition) is 3. The molecule has 0 atom stereocenters. The van der Waals surface area contributed by atoms with Gasteiger partial charge < -0.3 is 5.32 Å². The molecule has 0 bridgehead atoms. The number of likely N-dealkylation sites (tertiary alicyclic amines) is 1. The number of nitrogens with zero attached hydrogens (tertiary/aromatic N) is 2. The van der Waals surface area contributed by atoms with Crippen LogP contribution in [0.15, 0.2) is 36.9 Å². The fraction of sp³-hybridized carbons (Fsp3) is 0.375. The van der Waals surface area contributed by atoms with Crippen LogP contribution in [-0.2, 0) is 11.3 Å². The first kappa shape index (κ1) is 14.3. The van der Waals surface area contributed by atoms with Crippen molar-refractivity contribution in [3.05, 3.63) is 48.0 Å². The van der Waals surface area contributed by atoms with Gasteiger partial charge in [0.25, 0.3) is 0 Å². The summed E-state index contributed by atoms with van der Waals surface area (Å²) in [6, 6.07) is 10.1. The molecule has 104 valence electrons. The Balaban J connectivity index is 1.80. The van der Waals surface area contributed by atoms with Crippen LogP contribution in [0.4, 0.5) is 0 Å². The topological polar surface area (TPSA) is 56.1 Å². The minimum absolute atomic E-state index is 0.0875. The Morgan fingerprint density at radius 2 is 2.05 bits per heavy atom. The molecule has 4 heteroatoms. The summed E-state index contributed by atoms with van der Waals surface area (Å²) >= 11 is 0. The maximum Gasteiger partial charge on any atom is 0.243 e. The van der Waals surface area contributed by atoms with Crippen molar-refractivity contribution in [2.24, 2.45) is 0 Å². The summed E-state index contributed by atoms with van der Waals surface area (Å²) < 4.78 is 0. The number of rotatable bonds is 4. The molecule has 1 aliphatic rings. The molecule has 1 amide bonds. The number of carbonyl (C=O) groups is 1. The molecule has 4 nitrogen and oxygen atoms in total. The van der Waals surface area contributed by atoms with Crippen molar-refractivity contribution in [3.8, 4) is 6.07 Å². The zero-order valence-electron chi connectivity index (χ0n) is 11.5. The van der Waals surface area contributed by atoms with E-state index in [1.807, 2.05) is 24.3 Å². The van der Waals surface area contributed by atoms with Gasteiger partial charge in [0, 0.05) is 25.7 Å². The minimum Gasteiger partial charge on any atom is -0.350 e. The van der Waals surface area contributed by atoms with Crippen molar-refractivity contribution in [2.75, 3.05) is 13.1 Å². The predicted molar refractivity (Wildman–Crippen MR) is 77.8 cm³/mol. The molecule has 0 saturated carbocycles. The summed E-state index contributed by atoms with van der Waals surface area (Å²) in [5.74, 6) is -0.0875. The summed E-state index contributed by atoms with van der Waals surface area (Å²) in [6.07, 6.45) is 3.26. The van der Waals surface area contributed by atoms with Crippen LogP contribution in [0.25, 0.3) is 0 Å². The molecule has 1 N–H and O–H groups in total. The van der Waals surface area contributed by atoms with Gasteiger partial charge in [-0.2, -0.15) is 5.26 Å². The maximum atomic E-state index is 11.2. The zero-order chi connectivity index (χ0) is 14.4. The summed E-state index contributed by atoms with van der Waals surface area (Å²) in [4.78, 5) is 13.6. The lowest BCUT2D eigenvalue weighted by Crippen LogP contribution is -2.43. The SMILES string of the molecule is C=CC(=O)NC1CCN(Cc2ccc(C#N)cc2)CC1. The molecule has 1 aliphatic heterocycles. The first-order chi connectivity index (χ1) is 9.71. The number of piperidine rings is 1. The van der Waals surface area contributed by atoms with Gasteiger partial charge in [0.1, 0.15) is 0 Å². The van der Waals surface area contributed by atoms with E-state index < -0.39 is 0 Å². The highest BCUT2D eigenvalue weighted by atomic mass is 16.1. The van der Waals surface area contributed by atoms with E-state index >= 15 is 0 Å². The Kier molecular flexibility index (Phi) is 4.91. The first-order valence-corrected chi connectivity index (χ1v) is 6.85. The third kappa shape index (κ3) is 3.94. The lowest BCUT2D eigenvalue weighted by atomic mass is 10.0. The van der Waals surface area contributed by atoms with Crippen LogP contribution in [0.3, 0.4) is 0 Å². The highest BCUT2D eigenvalue weighted by Crippen LogP contribution is 2.14. The van der Waals surface area contributed by atoms with E-state index in [1.54, 1.807) is 0 Å². The van der Waals surface area contributed by atoms with Crippen LogP contribution in [-0.4, -0.2) is 29.9 Å². The van der Waals surface area contributed by atoms with Gasteiger partial charge in [-0.05, 0) is 36.6 Å². The monoisotopic (exact) mass is 269 g/mol. The van der Waals surface area contributed by atoms with E-state index in [0.29, 0.717) is 5.56 Å². The molecule has 0 radical (unpaired) electrons. The third-order valence-corrected chi connectivity index (χ3v) is 3.61. The highest BCUT2D eigenvalue weighted by molar-refractivity contribution is 5.87. The summed E-state index contributed by atoms with van der Waals surface area (Å²) in [5.41, 5.74) is 1.91. The number of nitrogens with one attached hydrogen (secondary N) is 1. The van der Waals surface area contributed by atoms with Crippen LogP contribution in [0, 0.1) is 11.3 Å². The maximum absolute atomic E-state index is 11.2. The molecule has 0 aromatic heterocycles. The van der Waals surface area contributed by atoms with Crippen LogP contribution in [0.1, 0.15) is 24.0 Å². The Hall–Kier alpha value is -2.12. The second-order valence-corrected chi connectivity index (χ2v) is 5.07. The highest BCUT2D eigenvalue weighted by Gasteiger charge is 2.19. The van der Waals surface area contributed by atoms with Crippen LogP contribution in [0.5, 0.6) is 0 Å². The van der Waals surface area contributed by atoms with Gasteiger partial charge >= 0.3 is 0 Å². The van der Waals surface area contributed by atoms with E-state index in [2.05, 4.69) is 22.9 Å². The number of benzene rings is 1. The van der Waals surface area contributed by atoms with Crippen molar-refractivity contribution in [3.63, 3.8) is 0 Å². The number of nitriles is 1. The molecule has 2 rings (SSSR count). The molecule has 1 fully saturated rings. The number of hydrogen-bond donors (Lipinski definition) is 1. The number of amides is 1. The van der Waals surface area contributed by atoms with Gasteiger partial charge in [-0.15, -0.1) is 0 Å². The lowest BCUT2D eigenvalue weighted by Gasteiger charge is -2.32. The molecule has 1 saturated heterocycles. The van der Waals surface area contributed by atoms with E-state index in [0.717, 1.165) is 32.5 Å². The largest absolute Gasteiger partial charge is 0.350 e. The Morgan fingerprint density at radius 3 is 2.60 bits per heavy atom. The average molecular weight is 269 g/mol. The second kappa shape index (κ2) is 6.88. The van der Waals surface area contributed by atoms with Gasteiger partial charge in [0.2, 0.25) is 5.91 Å². The van der Waals surface area contributed by atoms with Crippen LogP contribution < -0.4 is 5.32 Å². The molecular weight excluding hydrogens is 250 g/mol. The van der Waals surface area contributed by atoms with Crippen molar-refractivity contribution in [1.82, 2.24) is 10.2 Å². The summed E-state index contributed by atoms with van der Waals surface area (Å²) in [7, 11) is 0. The Labute approximate surface area is 119 Å². The fourth-order valence-electron chi connectivity index (χ4n) is 2.44. The molecule has 0 aliphatic carbocycles. The summed E-state index contributed by atoms with van der Waals surface area (Å²) in [5, 5.41) is 11.7. The van der Waals surface area contributed by atoms with Gasteiger partial charge in [-0.25, -0.2) is 0 Å². The Bertz CT molecular complexity index is 508. The first-order valence-electron chi connectivity index (χ1n) is 6.85. The van der Waals surface area contributed by atoms with Crippen molar-refractivity contribution in [1.29, 1.82) is 5.26 Å². The summed E-state index contributed by atoms with van der Waals surface area (Å²) in [6.45, 7) is 6.31. The smallest absolute Gasteiger partial charge is 0.243 e. The molecule has 1 heterocycles. The minimum atomic E-state index is -0.0875. The van der Waals surface area contributed by atoms with E-state index in [9.17, 15) is 4.79 Å². The zero-order valence-corrected chi connectivity index (χ0v) is 11.5. The van der Waals surface area contributed by atoms with Crippen molar-refractivity contribution >= 4 is 5.91 Å². The van der Waals surface area contributed by atoms with Crippen LogP contribution in [0.2, 0.25) is 0 Å².